The predicted molar refractivity (Wildman–Crippen MR) is 111 cm³/mol. The predicted octanol–water partition coefficient (Wildman–Crippen LogP) is 4.63. The average molecular weight is 379 g/mol. The molecule has 3 aromatic rings. The molecule has 1 aromatic heterocycles. The summed E-state index contributed by atoms with van der Waals surface area (Å²) in [6, 6.07) is 13.3. The van der Waals surface area contributed by atoms with Crippen molar-refractivity contribution in [1.82, 2.24) is 0 Å². The van der Waals surface area contributed by atoms with Gasteiger partial charge in [0.1, 0.15) is 11.3 Å². The van der Waals surface area contributed by atoms with E-state index < -0.39 is 5.63 Å². The molecule has 0 spiro atoms. The summed E-state index contributed by atoms with van der Waals surface area (Å²) in [5, 5.41) is 3.73. The third-order valence-electron chi connectivity index (χ3n) is 4.87. The number of carbonyl (C=O) groups excluding carboxylic acids is 1. The Morgan fingerprint density at radius 1 is 1.11 bits per heavy atom. The van der Waals surface area contributed by atoms with Crippen molar-refractivity contribution in [2.24, 2.45) is 0 Å². The average Bonchev–Trinajstić information content (AvgIpc) is 2.69. The summed E-state index contributed by atoms with van der Waals surface area (Å²) < 4.78 is 10.6. The van der Waals surface area contributed by atoms with Gasteiger partial charge in [-0.2, -0.15) is 0 Å². The number of ether oxygens (including phenoxy) is 1. The summed E-state index contributed by atoms with van der Waals surface area (Å²) in [6.07, 6.45) is 2.66. The summed E-state index contributed by atoms with van der Waals surface area (Å²) in [7, 11) is 1.57. The van der Waals surface area contributed by atoms with Crippen LogP contribution in [0.5, 0.6) is 5.75 Å². The lowest BCUT2D eigenvalue weighted by Crippen LogP contribution is -2.16. The number of methoxy groups -OCH3 is 1. The largest absolute Gasteiger partial charge is 0.497 e. The number of aryl methyl sites for hydroxylation is 2. The van der Waals surface area contributed by atoms with Gasteiger partial charge >= 0.3 is 5.63 Å². The highest BCUT2D eigenvalue weighted by Gasteiger charge is 2.14. The molecule has 1 N–H and O–H groups in total. The van der Waals surface area contributed by atoms with E-state index in [9.17, 15) is 9.59 Å². The quantitative estimate of drug-likeness (QED) is 0.608. The number of fused-ring (bicyclic) bond motifs is 1. The molecule has 3 rings (SSSR count). The first-order chi connectivity index (χ1) is 13.5. The van der Waals surface area contributed by atoms with Gasteiger partial charge in [-0.15, -0.1) is 0 Å². The Bertz CT molecular complexity index is 1030. The molecule has 28 heavy (non-hydrogen) atoms. The second kappa shape index (κ2) is 8.74. The van der Waals surface area contributed by atoms with Gasteiger partial charge in [0.25, 0.3) is 0 Å². The van der Waals surface area contributed by atoms with Crippen LogP contribution in [-0.2, 0) is 17.6 Å². The van der Waals surface area contributed by atoms with E-state index in [-0.39, 0.29) is 12.3 Å². The zero-order valence-corrected chi connectivity index (χ0v) is 16.5. The number of benzene rings is 2. The molecule has 0 saturated carbocycles. The van der Waals surface area contributed by atoms with Crippen molar-refractivity contribution < 1.29 is 13.9 Å². The van der Waals surface area contributed by atoms with Gasteiger partial charge in [-0.3, -0.25) is 4.79 Å². The van der Waals surface area contributed by atoms with Gasteiger partial charge in [0.2, 0.25) is 5.91 Å². The molecule has 0 radical (unpaired) electrons. The van der Waals surface area contributed by atoms with E-state index in [1.165, 1.54) is 5.56 Å². The van der Waals surface area contributed by atoms with Crippen LogP contribution in [0.2, 0.25) is 0 Å². The van der Waals surface area contributed by atoms with E-state index in [2.05, 4.69) is 12.2 Å². The van der Waals surface area contributed by atoms with Gasteiger partial charge in [-0.25, -0.2) is 4.79 Å². The fourth-order valence-corrected chi connectivity index (χ4v) is 3.30. The van der Waals surface area contributed by atoms with Gasteiger partial charge < -0.3 is 14.5 Å². The first kappa shape index (κ1) is 19.7. The van der Waals surface area contributed by atoms with Gasteiger partial charge in [-0.1, -0.05) is 25.5 Å². The molecule has 146 valence electrons. The van der Waals surface area contributed by atoms with Gasteiger partial charge in [0.15, 0.2) is 0 Å². The number of hydrogen-bond acceptors (Lipinski definition) is 4. The lowest BCUT2D eigenvalue weighted by molar-refractivity contribution is -0.116. The first-order valence-corrected chi connectivity index (χ1v) is 9.51. The lowest BCUT2D eigenvalue weighted by atomic mass is 10.0. The van der Waals surface area contributed by atoms with Crippen LogP contribution in [0.1, 0.15) is 36.5 Å². The minimum absolute atomic E-state index is 0.128. The molecule has 2 aromatic carbocycles. The first-order valence-electron chi connectivity index (χ1n) is 9.51. The normalized spacial score (nSPS) is 10.8. The molecule has 0 aliphatic rings. The Morgan fingerprint density at radius 3 is 2.54 bits per heavy atom. The fraction of sp³-hybridized carbons (Fsp3) is 0.304. The third-order valence-corrected chi connectivity index (χ3v) is 4.87. The molecule has 0 aliphatic carbocycles. The maximum absolute atomic E-state index is 12.4. The van der Waals surface area contributed by atoms with Crippen LogP contribution in [0.4, 0.5) is 5.69 Å². The van der Waals surface area contributed by atoms with Crippen molar-refractivity contribution >= 4 is 22.6 Å². The SMILES string of the molecule is CCCc1ccc(NC(=O)CCc2c(C)c3ccc(OC)cc3oc2=O)cc1. The number of rotatable bonds is 7. The highest BCUT2D eigenvalue weighted by molar-refractivity contribution is 5.91. The van der Waals surface area contributed by atoms with Crippen molar-refractivity contribution in [2.75, 3.05) is 12.4 Å². The highest BCUT2D eigenvalue weighted by Crippen LogP contribution is 2.24. The third kappa shape index (κ3) is 4.42. The fourth-order valence-electron chi connectivity index (χ4n) is 3.30. The lowest BCUT2D eigenvalue weighted by Gasteiger charge is -2.09. The molecule has 5 heteroatoms. The van der Waals surface area contributed by atoms with Crippen LogP contribution in [-0.4, -0.2) is 13.0 Å². The van der Waals surface area contributed by atoms with Gasteiger partial charge in [-0.05, 0) is 55.2 Å². The Kier molecular flexibility index (Phi) is 6.14. The zero-order valence-electron chi connectivity index (χ0n) is 16.5. The Labute approximate surface area is 164 Å². The summed E-state index contributed by atoms with van der Waals surface area (Å²) in [4.78, 5) is 24.7. The monoisotopic (exact) mass is 379 g/mol. The summed E-state index contributed by atoms with van der Waals surface area (Å²) in [5.41, 5.74) is 3.47. The van der Waals surface area contributed by atoms with E-state index in [0.29, 0.717) is 23.3 Å². The van der Waals surface area contributed by atoms with E-state index >= 15 is 0 Å². The molecule has 5 nitrogen and oxygen atoms in total. The number of amides is 1. The molecule has 0 fully saturated rings. The Hall–Kier alpha value is -3.08. The van der Waals surface area contributed by atoms with Crippen molar-refractivity contribution in [3.63, 3.8) is 0 Å². The molecular formula is C23H25NO4. The standard InChI is InChI=1S/C23H25NO4/c1-4-5-16-6-8-17(9-7-16)24-22(25)13-12-20-15(2)19-11-10-18(27-3)14-21(19)28-23(20)26/h6-11,14H,4-5,12-13H2,1-3H3,(H,24,25). The summed E-state index contributed by atoms with van der Waals surface area (Å²) in [5.74, 6) is 0.504. The molecule has 0 aliphatic heterocycles. The van der Waals surface area contributed by atoms with E-state index in [1.54, 1.807) is 13.2 Å². The van der Waals surface area contributed by atoms with Crippen LogP contribution in [0.25, 0.3) is 11.0 Å². The maximum atomic E-state index is 12.4. The zero-order chi connectivity index (χ0) is 20.1. The van der Waals surface area contributed by atoms with E-state index in [0.717, 1.165) is 29.5 Å². The van der Waals surface area contributed by atoms with Crippen LogP contribution < -0.4 is 15.7 Å². The molecular weight excluding hydrogens is 354 g/mol. The number of hydrogen-bond donors (Lipinski definition) is 1. The molecule has 1 heterocycles. The Morgan fingerprint density at radius 2 is 1.86 bits per heavy atom. The van der Waals surface area contributed by atoms with Crippen molar-refractivity contribution in [1.29, 1.82) is 0 Å². The molecule has 0 unspecified atom stereocenters. The number of anilines is 1. The second-order valence-electron chi connectivity index (χ2n) is 6.85. The smallest absolute Gasteiger partial charge is 0.339 e. The molecule has 0 atom stereocenters. The summed E-state index contributed by atoms with van der Waals surface area (Å²) >= 11 is 0. The molecule has 0 bridgehead atoms. The number of nitrogens with one attached hydrogen (secondary N) is 1. The molecule has 0 saturated heterocycles. The summed E-state index contributed by atoms with van der Waals surface area (Å²) in [6.45, 7) is 4.02. The second-order valence-corrected chi connectivity index (χ2v) is 6.85. The van der Waals surface area contributed by atoms with Gasteiger partial charge in [0.05, 0.1) is 7.11 Å². The van der Waals surface area contributed by atoms with Crippen LogP contribution in [0.3, 0.4) is 0 Å². The van der Waals surface area contributed by atoms with Crippen LogP contribution >= 0.6 is 0 Å². The van der Waals surface area contributed by atoms with E-state index in [4.69, 9.17) is 9.15 Å². The Balaban J connectivity index is 1.70. The topological polar surface area (TPSA) is 68.5 Å². The van der Waals surface area contributed by atoms with Crippen molar-refractivity contribution in [2.45, 2.75) is 39.5 Å². The van der Waals surface area contributed by atoms with E-state index in [1.807, 2.05) is 43.3 Å². The highest BCUT2D eigenvalue weighted by atomic mass is 16.5. The molecule has 1 amide bonds. The van der Waals surface area contributed by atoms with Gasteiger partial charge in [0, 0.05) is 29.1 Å². The van der Waals surface area contributed by atoms with Crippen molar-refractivity contribution in [3.05, 3.63) is 69.6 Å². The maximum Gasteiger partial charge on any atom is 0.339 e. The number of carbonyl (C=O) groups is 1. The minimum atomic E-state index is -0.407. The van der Waals surface area contributed by atoms with Crippen molar-refractivity contribution in [3.8, 4) is 5.75 Å². The van der Waals surface area contributed by atoms with Crippen LogP contribution in [0, 0.1) is 6.92 Å². The van der Waals surface area contributed by atoms with Crippen LogP contribution in [0.15, 0.2) is 51.7 Å². The minimum Gasteiger partial charge on any atom is -0.497 e.